The predicted molar refractivity (Wildman–Crippen MR) is 41.4 cm³/mol. The Kier molecular flexibility index (Phi) is 2.00. The van der Waals surface area contributed by atoms with Crippen LogP contribution in [0.2, 0.25) is 0 Å². The normalized spacial score (nSPS) is 25.2. The van der Waals surface area contributed by atoms with E-state index in [1.165, 1.54) is 5.57 Å². The molecular formula is C8H11NO. The average Bonchev–Trinajstić information content (AvgIpc) is 1.95. The van der Waals surface area contributed by atoms with Gasteiger partial charge in [-0.15, -0.1) is 4.91 Å². The largest absolute Gasteiger partial charge is 0.145 e. The fraction of sp³-hybridized carbons (Fsp3) is 0.500. The van der Waals surface area contributed by atoms with Crippen molar-refractivity contribution in [2.45, 2.75) is 20.3 Å². The minimum atomic E-state index is 0.575. The van der Waals surface area contributed by atoms with E-state index < -0.39 is 0 Å². The maximum atomic E-state index is 10.0. The highest BCUT2D eigenvalue weighted by Gasteiger charge is 2.08. The van der Waals surface area contributed by atoms with Crippen molar-refractivity contribution in [1.29, 1.82) is 0 Å². The van der Waals surface area contributed by atoms with Crippen molar-refractivity contribution in [2.75, 3.05) is 0 Å². The van der Waals surface area contributed by atoms with Crippen LogP contribution >= 0.6 is 0 Å². The standard InChI is InChI=1S/C8H11NO/c1-6-3-4-8(9-10)5-7(6)2/h4-6H,3H2,1-2H3/t6-/m0/s1. The molecule has 0 fully saturated rings. The molecule has 0 spiro atoms. The first kappa shape index (κ1) is 7.19. The second-order valence-electron chi connectivity index (χ2n) is 2.75. The van der Waals surface area contributed by atoms with Crippen molar-refractivity contribution in [3.8, 4) is 0 Å². The molecule has 0 aromatic rings. The Balaban J connectivity index is 2.78. The van der Waals surface area contributed by atoms with Crippen LogP contribution in [0.5, 0.6) is 0 Å². The van der Waals surface area contributed by atoms with Crippen molar-refractivity contribution in [3.63, 3.8) is 0 Å². The Morgan fingerprint density at radius 1 is 1.70 bits per heavy atom. The molecule has 0 aromatic heterocycles. The summed E-state index contributed by atoms with van der Waals surface area (Å²) in [6, 6.07) is 0. The van der Waals surface area contributed by atoms with Gasteiger partial charge in [0.15, 0.2) is 0 Å². The zero-order valence-electron chi connectivity index (χ0n) is 6.29. The van der Waals surface area contributed by atoms with Crippen LogP contribution in [0.4, 0.5) is 0 Å². The zero-order valence-corrected chi connectivity index (χ0v) is 6.29. The predicted octanol–water partition coefficient (Wildman–Crippen LogP) is 2.62. The number of nitrogens with zero attached hydrogens (tertiary/aromatic N) is 1. The summed E-state index contributed by atoms with van der Waals surface area (Å²) in [7, 11) is 0. The molecule has 1 aliphatic rings. The summed E-state index contributed by atoms with van der Waals surface area (Å²) in [6.07, 6.45) is 4.68. The molecule has 0 aromatic carbocycles. The molecule has 0 saturated carbocycles. The fourth-order valence-electron chi connectivity index (χ4n) is 0.981. The van der Waals surface area contributed by atoms with Crippen LogP contribution in [0, 0.1) is 10.8 Å². The van der Waals surface area contributed by atoms with Crippen LogP contribution < -0.4 is 0 Å². The van der Waals surface area contributed by atoms with E-state index in [2.05, 4.69) is 12.1 Å². The summed E-state index contributed by atoms with van der Waals surface area (Å²) >= 11 is 0. The molecule has 1 atom stereocenters. The summed E-state index contributed by atoms with van der Waals surface area (Å²) in [6.45, 7) is 4.17. The Bertz CT molecular complexity index is 203. The van der Waals surface area contributed by atoms with Crippen LogP contribution in [0.3, 0.4) is 0 Å². The lowest BCUT2D eigenvalue weighted by molar-refractivity contribution is 0.680. The third-order valence-electron chi connectivity index (χ3n) is 1.94. The van der Waals surface area contributed by atoms with E-state index >= 15 is 0 Å². The van der Waals surface area contributed by atoms with Crippen molar-refractivity contribution < 1.29 is 0 Å². The van der Waals surface area contributed by atoms with Gasteiger partial charge in [-0.3, -0.25) is 0 Å². The monoisotopic (exact) mass is 137 g/mol. The molecule has 10 heavy (non-hydrogen) atoms. The number of allylic oxidation sites excluding steroid dienone is 3. The van der Waals surface area contributed by atoms with Crippen molar-refractivity contribution in [2.24, 2.45) is 11.1 Å². The summed E-state index contributed by atoms with van der Waals surface area (Å²) in [5.74, 6) is 0.575. The van der Waals surface area contributed by atoms with Crippen molar-refractivity contribution in [3.05, 3.63) is 28.3 Å². The van der Waals surface area contributed by atoms with Crippen LogP contribution in [0.1, 0.15) is 20.3 Å². The van der Waals surface area contributed by atoms with E-state index in [9.17, 15) is 4.91 Å². The van der Waals surface area contributed by atoms with E-state index in [4.69, 9.17) is 0 Å². The summed E-state index contributed by atoms with van der Waals surface area (Å²) in [4.78, 5) is 10.0. The second kappa shape index (κ2) is 2.78. The van der Waals surface area contributed by atoms with E-state index in [0.717, 1.165) is 6.42 Å². The molecule has 0 radical (unpaired) electrons. The van der Waals surface area contributed by atoms with Gasteiger partial charge in [0.25, 0.3) is 0 Å². The van der Waals surface area contributed by atoms with Crippen molar-refractivity contribution in [1.82, 2.24) is 0 Å². The Morgan fingerprint density at radius 3 is 2.90 bits per heavy atom. The van der Waals surface area contributed by atoms with Crippen LogP contribution in [-0.2, 0) is 0 Å². The van der Waals surface area contributed by atoms with Gasteiger partial charge in [-0.05, 0) is 30.5 Å². The summed E-state index contributed by atoms with van der Waals surface area (Å²) < 4.78 is 0. The molecule has 0 heterocycles. The number of rotatable bonds is 1. The summed E-state index contributed by atoms with van der Waals surface area (Å²) in [5, 5.41) is 2.87. The first-order valence-electron chi connectivity index (χ1n) is 3.45. The molecule has 1 aliphatic carbocycles. The molecule has 0 unspecified atom stereocenters. The van der Waals surface area contributed by atoms with E-state index in [0.29, 0.717) is 11.6 Å². The zero-order chi connectivity index (χ0) is 7.56. The van der Waals surface area contributed by atoms with Gasteiger partial charge in [-0.1, -0.05) is 18.6 Å². The summed E-state index contributed by atoms with van der Waals surface area (Å²) in [5.41, 5.74) is 1.83. The minimum absolute atomic E-state index is 0.575. The fourth-order valence-corrected chi connectivity index (χ4v) is 0.981. The number of hydrogen-bond donors (Lipinski definition) is 0. The lowest BCUT2D eigenvalue weighted by atomic mass is 9.94. The second-order valence-corrected chi connectivity index (χ2v) is 2.75. The van der Waals surface area contributed by atoms with E-state index in [1.807, 2.05) is 19.1 Å². The minimum Gasteiger partial charge on any atom is -0.145 e. The molecule has 0 bridgehead atoms. The first-order valence-corrected chi connectivity index (χ1v) is 3.45. The SMILES string of the molecule is CC1=CC(N=O)=CC[C@@H]1C. The van der Waals surface area contributed by atoms with Gasteiger partial charge in [-0.2, -0.15) is 0 Å². The van der Waals surface area contributed by atoms with Gasteiger partial charge in [0, 0.05) is 0 Å². The molecule has 2 heteroatoms. The number of nitroso groups, excluding NO2 is 1. The number of hydrogen-bond acceptors (Lipinski definition) is 2. The lowest BCUT2D eigenvalue weighted by Gasteiger charge is -2.13. The topological polar surface area (TPSA) is 29.4 Å². The lowest BCUT2D eigenvalue weighted by Crippen LogP contribution is -1.99. The van der Waals surface area contributed by atoms with Crippen LogP contribution in [-0.4, -0.2) is 0 Å². The smallest absolute Gasteiger partial charge is 0.104 e. The third kappa shape index (κ3) is 1.32. The van der Waals surface area contributed by atoms with Gasteiger partial charge in [-0.25, -0.2) is 0 Å². The molecular weight excluding hydrogens is 126 g/mol. The molecule has 54 valence electrons. The van der Waals surface area contributed by atoms with Gasteiger partial charge in [0.2, 0.25) is 0 Å². The van der Waals surface area contributed by atoms with Crippen LogP contribution in [0.15, 0.2) is 28.6 Å². The van der Waals surface area contributed by atoms with Gasteiger partial charge < -0.3 is 0 Å². The van der Waals surface area contributed by atoms with E-state index in [1.54, 1.807) is 0 Å². The molecule has 0 amide bonds. The van der Waals surface area contributed by atoms with Gasteiger partial charge >= 0.3 is 0 Å². The first-order chi connectivity index (χ1) is 4.74. The highest BCUT2D eigenvalue weighted by molar-refractivity contribution is 5.27. The highest BCUT2D eigenvalue weighted by atomic mass is 16.3. The maximum Gasteiger partial charge on any atom is 0.104 e. The Morgan fingerprint density at radius 2 is 2.40 bits per heavy atom. The van der Waals surface area contributed by atoms with Crippen LogP contribution in [0.25, 0.3) is 0 Å². The Labute approximate surface area is 60.6 Å². The quantitative estimate of drug-likeness (QED) is 0.511. The van der Waals surface area contributed by atoms with Gasteiger partial charge in [0.05, 0.1) is 0 Å². The molecule has 0 N–H and O–H groups in total. The molecule has 1 rings (SSSR count). The molecule has 0 saturated heterocycles. The van der Waals surface area contributed by atoms with E-state index in [-0.39, 0.29) is 0 Å². The van der Waals surface area contributed by atoms with Gasteiger partial charge in [0.1, 0.15) is 5.70 Å². The third-order valence-corrected chi connectivity index (χ3v) is 1.94. The maximum absolute atomic E-state index is 10.0. The highest BCUT2D eigenvalue weighted by Crippen LogP contribution is 2.22. The average molecular weight is 137 g/mol. The molecule has 2 nitrogen and oxygen atoms in total. The molecule has 0 aliphatic heterocycles. The van der Waals surface area contributed by atoms with Crippen molar-refractivity contribution >= 4 is 0 Å². The Hall–Kier alpha value is -0.920.